The van der Waals surface area contributed by atoms with Crippen LogP contribution in [0.15, 0.2) is 6.20 Å². The van der Waals surface area contributed by atoms with Gasteiger partial charge in [-0.05, 0) is 19.8 Å². The number of carbonyl (C=O) groups is 1. The van der Waals surface area contributed by atoms with E-state index in [-0.39, 0.29) is 5.92 Å². The first-order chi connectivity index (χ1) is 8.99. The quantitative estimate of drug-likeness (QED) is 0.766. The maximum absolute atomic E-state index is 11.1. The highest BCUT2D eigenvalue weighted by Crippen LogP contribution is 2.22. The molecule has 1 aromatic rings. The van der Waals surface area contributed by atoms with Crippen molar-refractivity contribution in [2.24, 2.45) is 5.92 Å². The summed E-state index contributed by atoms with van der Waals surface area (Å²) < 4.78 is 0. The summed E-state index contributed by atoms with van der Waals surface area (Å²) in [6.45, 7) is 10.4. The number of thiazole rings is 1. The molecule has 19 heavy (non-hydrogen) atoms. The van der Waals surface area contributed by atoms with E-state index in [1.54, 1.807) is 11.3 Å². The van der Waals surface area contributed by atoms with Crippen molar-refractivity contribution in [2.75, 3.05) is 18.0 Å². The zero-order chi connectivity index (χ0) is 14.4. The molecule has 2 N–H and O–H groups in total. The summed E-state index contributed by atoms with van der Waals surface area (Å²) in [4.78, 5) is 18.7. The lowest BCUT2D eigenvalue weighted by Crippen LogP contribution is -2.40. The maximum Gasteiger partial charge on any atom is 0.320 e. The SMILES string of the molecule is CCN(CC)c1ncc(CNC(C(=O)O)C(C)C)s1. The number of aromatic nitrogens is 1. The fraction of sp³-hybridized carbons (Fsp3) is 0.692. The molecule has 6 heteroatoms. The number of rotatable bonds is 8. The van der Waals surface area contributed by atoms with E-state index in [0.29, 0.717) is 6.54 Å². The van der Waals surface area contributed by atoms with Gasteiger partial charge in [-0.25, -0.2) is 4.98 Å². The van der Waals surface area contributed by atoms with Gasteiger partial charge in [0.1, 0.15) is 6.04 Å². The Morgan fingerprint density at radius 2 is 2.11 bits per heavy atom. The molecule has 1 rings (SSSR count). The van der Waals surface area contributed by atoms with Crippen molar-refractivity contribution in [1.82, 2.24) is 10.3 Å². The fourth-order valence-electron chi connectivity index (χ4n) is 1.84. The predicted molar refractivity (Wildman–Crippen MR) is 78.8 cm³/mol. The Kier molecular flexibility index (Phi) is 6.24. The fourth-order valence-corrected chi connectivity index (χ4v) is 2.83. The van der Waals surface area contributed by atoms with Gasteiger partial charge >= 0.3 is 5.97 Å². The zero-order valence-corrected chi connectivity index (χ0v) is 12.8. The number of hydrogen-bond acceptors (Lipinski definition) is 5. The summed E-state index contributed by atoms with van der Waals surface area (Å²) in [6.07, 6.45) is 1.82. The zero-order valence-electron chi connectivity index (χ0n) is 12.0. The van der Waals surface area contributed by atoms with Crippen LogP contribution in [0.2, 0.25) is 0 Å². The predicted octanol–water partition coefficient (Wildman–Crippen LogP) is 2.19. The van der Waals surface area contributed by atoms with Crippen molar-refractivity contribution in [2.45, 2.75) is 40.3 Å². The highest BCUT2D eigenvalue weighted by molar-refractivity contribution is 7.15. The van der Waals surface area contributed by atoms with Crippen LogP contribution < -0.4 is 10.2 Å². The molecule has 1 unspecified atom stereocenters. The van der Waals surface area contributed by atoms with E-state index in [4.69, 9.17) is 5.11 Å². The summed E-state index contributed by atoms with van der Waals surface area (Å²) in [5.74, 6) is -0.740. The van der Waals surface area contributed by atoms with Crippen LogP contribution in [0.4, 0.5) is 5.13 Å². The number of nitrogens with one attached hydrogen (secondary N) is 1. The van der Waals surface area contributed by atoms with Crippen molar-refractivity contribution in [3.63, 3.8) is 0 Å². The molecule has 0 radical (unpaired) electrons. The number of nitrogens with zero attached hydrogens (tertiary/aromatic N) is 2. The van der Waals surface area contributed by atoms with Gasteiger partial charge in [-0.1, -0.05) is 13.8 Å². The Balaban J connectivity index is 2.61. The minimum Gasteiger partial charge on any atom is -0.480 e. The minimum absolute atomic E-state index is 0.0627. The third kappa shape index (κ3) is 4.47. The average Bonchev–Trinajstić information content (AvgIpc) is 2.79. The molecule has 0 aromatic carbocycles. The van der Waals surface area contributed by atoms with Gasteiger partial charge in [0.15, 0.2) is 5.13 Å². The second kappa shape index (κ2) is 7.45. The molecule has 1 atom stereocenters. The van der Waals surface area contributed by atoms with Crippen LogP contribution in [0.1, 0.15) is 32.6 Å². The molecular formula is C13H23N3O2S. The van der Waals surface area contributed by atoms with Gasteiger partial charge in [-0.2, -0.15) is 0 Å². The number of hydrogen-bond donors (Lipinski definition) is 2. The van der Waals surface area contributed by atoms with Crippen molar-refractivity contribution in [1.29, 1.82) is 0 Å². The summed E-state index contributed by atoms with van der Waals surface area (Å²) in [5.41, 5.74) is 0. The standard InChI is InChI=1S/C13H23N3O2S/c1-5-16(6-2)13-15-8-10(19-13)7-14-11(9(3)4)12(17)18/h8-9,11,14H,5-7H2,1-4H3,(H,17,18). The Hall–Kier alpha value is -1.14. The van der Waals surface area contributed by atoms with Gasteiger partial charge < -0.3 is 10.0 Å². The van der Waals surface area contributed by atoms with E-state index < -0.39 is 12.0 Å². The summed E-state index contributed by atoms with van der Waals surface area (Å²) in [6, 6.07) is -0.515. The van der Waals surface area contributed by atoms with Crippen LogP contribution in [0, 0.1) is 5.92 Å². The molecule has 5 nitrogen and oxygen atoms in total. The molecular weight excluding hydrogens is 262 g/mol. The first-order valence-electron chi connectivity index (χ1n) is 6.65. The van der Waals surface area contributed by atoms with Crippen molar-refractivity contribution < 1.29 is 9.90 Å². The first-order valence-corrected chi connectivity index (χ1v) is 7.47. The molecule has 0 aliphatic carbocycles. The van der Waals surface area contributed by atoms with Crippen LogP contribution in [0.5, 0.6) is 0 Å². The topological polar surface area (TPSA) is 65.5 Å². The van der Waals surface area contributed by atoms with Gasteiger partial charge in [-0.3, -0.25) is 10.1 Å². The second-order valence-corrected chi connectivity index (χ2v) is 5.82. The molecule has 0 fully saturated rings. The van der Waals surface area contributed by atoms with E-state index >= 15 is 0 Å². The molecule has 0 saturated heterocycles. The van der Waals surface area contributed by atoms with E-state index in [0.717, 1.165) is 23.1 Å². The lowest BCUT2D eigenvalue weighted by Gasteiger charge is -2.17. The minimum atomic E-state index is -0.802. The first kappa shape index (κ1) is 15.9. The van der Waals surface area contributed by atoms with Crippen molar-refractivity contribution in [3.05, 3.63) is 11.1 Å². The smallest absolute Gasteiger partial charge is 0.320 e. The van der Waals surface area contributed by atoms with Gasteiger partial charge in [0.05, 0.1) is 0 Å². The lowest BCUT2D eigenvalue weighted by molar-refractivity contribution is -0.140. The van der Waals surface area contributed by atoms with E-state index in [1.165, 1.54) is 0 Å². The van der Waals surface area contributed by atoms with Gasteiger partial charge in [0.25, 0.3) is 0 Å². The van der Waals surface area contributed by atoms with Gasteiger partial charge in [0.2, 0.25) is 0 Å². The summed E-state index contributed by atoms with van der Waals surface area (Å²) >= 11 is 1.61. The Morgan fingerprint density at radius 1 is 1.47 bits per heavy atom. The van der Waals surface area contributed by atoms with Crippen LogP contribution in [0.25, 0.3) is 0 Å². The molecule has 1 aromatic heterocycles. The lowest BCUT2D eigenvalue weighted by atomic mass is 10.1. The van der Waals surface area contributed by atoms with Gasteiger partial charge in [-0.15, -0.1) is 11.3 Å². The molecule has 0 bridgehead atoms. The normalized spacial score (nSPS) is 12.7. The number of carboxylic acids is 1. The third-order valence-electron chi connectivity index (χ3n) is 3.00. The Bertz CT molecular complexity index is 402. The average molecular weight is 285 g/mol. The molecule has 0 spiro atoms. The monoisotopic (exact) mass is 285 g/mol. The van der Waals surface area contributed by atoms with E-state index in [2.05, 4.69) is 29.0 Å². The molecule has 0 saturated carbocycles. The van der Waals surface area contributed by atoms with Crippen molar-refractivity contribution >= 4 is 22.4 Å². The number of aliphatic carboxylic acids is 1. The summed E-state index contributed by atoms with van der Waals surface area (Å²) in [7, 11) is 0. The summed E-state index contributed by atoms with van der Waals surface area (Å²) in [5, 5.41) is 13.2. The van der Waals surface area contributed by atoms with Gasteiger partial charge in [0, 0.05) is 30.7 Å². The van der Waals surface area contributed by atoms with Crippen LogP contribution in [0.3, 0.4) is 0 Å². The Labute approximate surface area is 118 Å². The molecule has 108 valence electrons. The largest absolute Gasteiger partial charge is 0.480 e. The number of anilines is 1. The molecule has 0 aliphatic heterocycles. The molecule has 1 heterocycles. The third-order valence-corrected chi connectivity index (χ3v) is 4.06. The van der Waals surface area contributed by atoms with Crippen LogP contribution >= 0.6 is 11.3 Å². The second-order valence-electron chi connectivity index (χ2n) is 4.72. The highest BCUT2D eigenvalue weighted by Gasteiger charge is 2.20. The van der Waals surface area contributed by atoms with E-state index in [9.17, 15) is 4.79 Å². The van der Waals surface area contributed by atoms with Crippen LogP contribution in [-0.4, -0.2) is 35.2 Å². The van der Waals surface area contributed by atoms with E-state index in [1.807, 2.05) is 20.0 Å². The van der Waals surface area contributed by atoms with Crippen LogP contribution in [-0.2, 0) is 11.3 Å². The Morgan fingerprint density at radius 3 is 2.58 bits per heavy atom. The number of carboxylic acid groups (broad SMARTS) is 1. The molecule has 0 amide bonds. The van der Waals surface area contributed by atoms with Crippen molar-refractivity contribution in [3.8, 4) is 0 Å². The maximum atomic E-state index is 11.1. The molecule has 0 aliphatic rings. The highest BCUT2D eigenvalue weighted by atomic mass is 32.1.